The first kappa shape index (κ1) is 16.2. The van der Waals surface area contributed by atoms with Gasteiger partial charge in [-0.2, -0.15) is 4.99 Å². The van der Waals surface area contributed by atoms with Crippen molar-refractivity contribution in [3.8, 4) is 11.1 Å². The Kier molecular flexibility index (Phi) is 4.38. The lowest BCUT2D eigenvalue weighted by molar-refractivity contribution is 0.100. The maximum absolute atomic E-state index is 12.1. The van der Waals surface area contributed by atoms with E-state index in [2.05, 4.69) is 9.98 Å². The number of nitrogens with zero attached hydrogens (tertiary/aromatic N) is 2. The molecule has 2 aromatic carbocycles. The Morgan fingerprint density at radius 1 is 1.04 bits per heavy atom. The van der Waals surface area contributed by atoms with E-state index in [-0.39, 0.29) is 5.96 Å². The molecule has 1 amide bonds. The van der Waals surface area contributed by atoms with Crippen molar-refractivity contribution in [2.45, 2.75) is 0 Å². The molecule has 4 N–H and O–H groups in total. The van der Waals surface area contributed by atoms with Crippen molar-refractivity contribution in [2.75, 3.05) is 0 Å². The third-order valence-corrected chi connectivity index (χ3v) is 4.11. The van der Waals surface area contributed by atoms with E-state index in [1.807, 2.05) is 6.07 Å². The minimum atomic E-state index is -0.524. The second kappa shape index (κ2) is 6.47. The zero-order chi connectivity index (χ0) is 17.3. The van der Waals surface area contributed by atoms with Crippen LogP contribution >= 0.6 is 23.2 Å². The Bertz CT molecular complexity index is 981. The molecule has 1 heterocycles. The molecule has 1 aromatic heterocycles. The van der Waals surface area contributed by atoms with Crippen molar-refractivity contribution in [2.24, 2.45) is 16.5 Å². The first-order valence-electron chi connectivity index (χ1n) is 6.93. The molecule has 5 nitrogen and oxygen atoms in total. The van der Waals surface area contributed by atoms with Gasteiger partial charge in [0.15, 0.2) is 5.96 Å². The number of rotatable bonds is 2. The topological polar surface area (TPSA) is 94.4 Å². The zero-order valence-electron chi connectivity index (χ0n) is 12.3. The van der Waals surface area contributed by atoms with E-state index in [0.29, 0.717) is 15.6 Å². The second-order valence-electron chi connectivity index (χ2n) is 5.06. The van der Waals surface area contributed by atoms with Gasteiger partial charge in [0.05, 0.1) is 5.02 Å². The molecule has 120 valence electrons. The molecule has 0 aliphatic carbocycles. The lowest BCUT2D eigenvalue weighted by Crippen LogP contribution is -2.24. The number of hydrogen-bond acceptors (Lipinski definition) is 2. The van der Waals surface area contributed by atoms with E-state index in [1.54, 1.807) is 42.7 Å². The number of halogens is 2. The number of nitrogens with two attached hydrogens (primary N) is 2. The van der Waals surface area contributed by atoms with Gasteiger partial charge >= 0.3 is 0 Å². The molecule has 0 aliphatic heterocycles. The number of fused-ring (bicyclic) bond motifs is 1. The van der Waals surface area contributed by atoms with Crippen LogP contribution in [0.15, 0.2) is 53.8 Å². The number of carbonyl (C=O) groups is 1. The highest BCUT2D eigenvalue weighted by atomic mass is 35.5. The van der Waals surface area contributed by atoms with E-state index in [4.69, 9.17) is 34.7 Å². The normalized spacial score (nSPS) is 10.6. The van der Waals surface area contributed by atoms with E-state index in [9.17, 15) is 4.79 Å². The van der Waals surface area contributed by atoms with E-state index in [1.165, 1.54) is 0 Å². The van der Waals surface area contributed by atoms with Gasteiger partial charge in [0.2, 0.25) is 0 Å². The van der Waals surface area contributed by atoms with Gasteiger partial charge in [-0.3, -0.25) is 9.78 Å². The van der Waals surface area contributed by atoms with Crippen LogP contribution in [0.5, 0.6) is 0 Å². The van der Waals surface area contributed by atoms with Gasteiger partial charge < -0.3 is 11.5 Å². The Hall–Kier alpha value is -2.63. The fourth-order valence-electron chi connectivity index (χ4n) is 2.46. The Morgan fingerprint density at radius 2 is 1.79 bits per heavy atom. The summed E-state index contributed by atoms with van der Waals surface area (Å²) in [5.41, 5.74) is 12.3. The zero-order valence-corrected chi connectivity index (χ0v) is 13.8. The molecule has 0 unspecified atom stereocenters. The minimum Gasteiger partial charge on any atom is -0.370 e. The highest BCUT2D eigenvalue weighted by molar-refractivity contribution is 6.38. The summed E-state index contributed by atoms with van der Waals surface area (Å²) in [4.78, 5) is 19.6. The lowest BCUT2D eigenvalue weighted by atomic mass is 9.97. The van der Waals surface area contributed by atoms with E-state index < -0.39 is 5.91 Å². The van der Waals surface area contributed by atoms with Crippen LogP contribution in [0.3, 0.4) is 0 Å². The molecule has 0 saturated heterocycles. The summed E-state index contributed by atoms with van der Waals surface area (Å²) < 4.78 is 0. The molecule has 0 spiro atoms. The first-order valence-corrected chi connectivity index (χ1v) is 7.69. The van der Waals surface area contributed by atoms with Crippen molar-refractivity contribution in [3.05, 3.63) is 64.4 Å². The number of amides is 1. The van der Waals surface area contributed by atoms with Gasteiger partial charge in [0.1, 0.15) is 0 Å². The molecule has 0 saturated carbocycles. The average Bonchev–Trinajstić information content (AvgIpc) is 2.54. The largest absolute Gasteiger partial charge is 0.370 e. The van der Waals surface area contributed by atoms with Crippen LogP contribution in [0.2, 0.25) is 10.0 Å². The van der Waals surface area contributed by atoms with Gasteiger partial charge in [0.25, 0.3) is 5.91 Å². The van der Waals surface area contributed by atoms with Crippen LogP contribution in [0.25, 0.3) is 21.9 Å². The Balaban J connectivity index is 2.29. The quantitative estimate of drug-likeness (QED) is 0.540. The summed E-state index contributed by atoms with van der Waals surface area (Å²) in [6, 6.07) is 10.6. The van der Waals surface area contributed by atoms with Gasteiger partial charge in [-0.25, -0.2) is 0 Å². The second-order valence-corrected chi connectivity index (χ2v) is 5.87. The van der Waals surface area contributed by atoms with Gasteiger partial charge in [0, 0.05) is 34.1 Å². The number of guanidine groups is 1. The summed E-state index contributed by atoms with van der Waals surface area (Å²) in [6.07, 6.45) is 3.17. The highest BCUT2D eigenvalue weighted by Gasteiger charge is 2.14. The fourth-order valence-corrected chi connectivity index (χ4v) is 2.94. The lowest BCUT2D eigenvalue weighted by Gasteiger charge is -2.11. The average molecular weight is 359 g/mol. The van der Waals surface area contributed by atoms with Crippen LogP contribution < -0.4 is 11.5 Å². The molecule has 7 heteroatoms. The molecule has 24 heavy (non-hydrogen) atoms. The minimum absolute atomic E-state index is 0.288. The molecule has 0 bridgehead atoms. The van der Waals surface area contributed by atoms with Gasteiger partial charge in [-0.15, -0.1) is 0 Å². The van der Waals surface area contributed by atoms with Crippen molar-refractivity contribution in [1.29, 1.82) is 0 Å². The fraction of sp³-hybridized carbons (Fsp3) is 0. The molecular weight excluding hydrogens is 347 g/mol. The molecule has 3 rings (SSSR count). The van der Waals surface area contributed by atoms with E-state index in [0.717, 1.165) is 21.9 Å². The maximum Gasteiger partial charge on any atom is 0.280 e. The molecule has 0 aliphatic rings. The van der Waals surface area contributed by atoms with Crippen LogP contribution in [0, 0.1) is 0 Å². The van der Waals surface area contributed by atoms with E-state index >= 15 is 0 Å². The monoisotopic (exact) mass is 358 g/mol. The Morgan fingerprint density at radius 3 is 2.50 bits per heavy atom. The predicted octanol–water partition coefficient (Wildman–Crippen LogP) is 3.62. The van der Waals surface area contributed by atoms with Crippen molar-refractivity contribution < 1.29 is 4.79 Å². The summed E-state index contributed by atoms with van der Waals surface area (Å²) in [7, 11) is 0. The van der Waals surface area contributed by atoms with Crippen molar-refractivity contribution in [3.63, 3.8) is 0 Å². The van der Waals surface area contributed by atoms with Gasteiger partial charge in [-0.05, 0) is 35.0 Å². The van der Waals surface area contributed by atoms with Crippen molar-refractivity contribution >= 4 is 45.8 Å². The summed E-state index contributed by atoms with van der Waals surface area (Å²) in [5.74, 6) is -0.813. The molecule has 3 aromatic rings. The smallest absolute Gasteiger partial charge is 0.280 e. The Labute approximate surface area is 147 Å². The molecule has 0 radical (unpaired) electrons. The number of pyridine rings is 1. The number of aliphatic imine (C=N–C) groups is 1. The van der Waals surface area contributed by atoms with Gasteiger partial charge in [-0.1, -0.05) is 35.3 Å². The van der Waals surface area contributed by atoms with Crippen LogP contribution in [-0.4, -0.2) is 16.9 Å². The van der Waals surface area contributed by atoms with Crippen LogP contribution in [-0.2, 0) is 0 Å². The first-order chi connectivity index (χ1) is 11.5. The molecule has 0 fully saturated rings. The predicted molar refractivity (Wildman–Crippen MR) is 97.3 cm³/mol. The summed E-state index contributed by atoms with van der Waals surface area (Å²) in [5, 5.41) is 2.66. The standard InChI is InChI=1S/C17H12Cl2N4O/c18-13-4-3-9-1-2-10(16(24)23-17(20)21)7-12(9)15(13)11-5-6-22-8-14(11)19/h1-8H,(H4,20,21,23,24). The van der Waals surface area contributed by atoms with Crippen LogP contribution in [0.4, 0.5) is 0 Å². The molecule has 0 atom stereocenters. The number of hydrogen-bond donors (Lipinski definition) is 2. The highest BCUT2D eigenvalue weighted by Crippen LogP contribution is 2.38. The number of carbonyl (C=O) groups excluding carboxylic acids is 1. The third kappa shape index (κ3) is 3.04. The van der Waals surface area contributed by atoms with Crippen molar-refractivity contribution in [1.82, 2.24) is 4.98 Å². The number of aromatic nitrogens is 1. The summed E-state index contributed by atoms with van der Waals surface area (Å²) >= 11 is 12.7. The molecular formula is C17H12Cl2N4O. The number of benzene rings is 2. The third-order valence-electron chi connectivity index (χ3n) is 3.49. The van der Waals surface area contributed by atoms with Crippen LogP contribution in [0.1, 0.15) is 10.4 Å². The summed E-state index contributed by atoms with van der Waals surface area (Å²) in [6.45, 7) is 0. The SMILES string of the molecule is NC(N)=NC(=O)c1ccc2ccc(Cl)c(-c3ccncc3Cl)c2c1. The maximum atomic E-state index is 12.1.